The number of ether oxygens (including phenoxy) is 1. The summed E-state index contributed by atoms with van der Waals surface area (Å²) in [5, 5.41) is 6.80. The minimum Gasteiger partial charge on any atom is -0.485 e. The first kappa shape index (κ1) is 28.8. The highest BCUT2D eigenvalue weighted by Crippen LogP contribution is 2.46. The molecular formula is C29H39F3N6O2. The number of nitrogens with zero attached hydrogens (tertiary/aromatic N) is 4. The van der Waals surface area contributed by atoms with Crippen LogP contribution in [-0.4, -0.2) is 104 Å². The monoisotopic (exact) mass is 560 g/mol. The maximum atomic E-state index is 14.7. The van der Waals surface area contributed by atoms with Gasteiger partial charge in [-0.25, -0.2) is 13.8 Å². The van der Waals surface area contributed by atoms with Crippen LogP contribution in [0.4, 0.5) is 13.2 Å². The number of pyridine rings is 1. The van der Waals surface area contributed by atoms with Crippen LogP contribution in [-0.2, 0) is 11.4 Å². The Morgan fingerprint density at radius 1 is 1.07 bits per heavy atom. The summed E-state index contributed by atoms with van der Waals surface area (Å²) in [6.45, 7) is 7.51. The molecule has 2 saturated heterocycles. The van der Waals surface area contributed by atoms with E-state index in [0.717, 1.165) is 64.6 Å². The average molecular weight is 561 g/mol. The third kappa shape index (κ3) is 7.31. The summed E-state index contributed by atoms with van der Waals surface area (Å²) in [6.07, 6.45) is 3.75. The number of piperazine rings is 1. The molecule has 2 aromatic rings. The molecule has 0 spiro atoms. The van der Waals surface area contributed by atoms with Crippen LogP contribution < -0.4 is 15.4 Å². The SMILES string of the molecule is CNCCN1CCN(CC(=O)N2CCC(N[C@@H]3C[C@H]3c3cc(F)cc(F)c3OCc3cccnc3F)CC2)CC1. The summed E-state index contributed by atoms with van der Waals surface area (Å²) < 4.78 is 48.4. The molecule has 0 bridgehead atoms. The Hall–Kier alpha value is -2.73. The van der Waals surface area contributed by atoms with E-state index in [0.29, 0.717) is 25.2 Å². The number of rotatable bonds is 11. The lowest BCUT2D eigenvalue weighted by Crippen LogP contribution is -2.52. The van der Waals surface area contributed by atoms with Gasteiger partial charge in [0.2, 0.25) is 11.9 Å². The largest absolute Gasteiger partial charge is 0.485 e. The molecule has 3 heterocycles. The van der Waals surface area contributed by atoms with E-state index in [1.54, 1.807) is 6.07 Å². The van der Waals surface area contributed by atoms with Gasteiger partial charge in [-0.05, 0) is 44.5 Å². The first-order chi connectivity index (χ1) is 19.4. The molecule has 40 heavy (non-hydrogen) atoms. The molecule has 2 aliphatic heterocycles. The molecule has 11 heteroatoms. The van der Waals surface area contributed by atoms with Crippen LogP contribution in [0.3, 0.4) is 0 Å². The van der Waals surface area contributed by atoms with Crippen LogP contribution in [0, 0.1) is 17.6 Å². The quantitative estimate of drug-likeness (QED) is 0.409. The summed E-state index contributed by atoms with van der Waals surface area (Å²) in [6, 6.07) is 5.52. The van der Waals surface area contributed by atoms with Gasteiger partial charge in [0.25, 0.3) is 0 Å². The van der Waals surface area contributed by atoms with E-state index in [4.69, 9.17) is 4.74 Å². The van der Waals surface area contributed by atoms with Crippen LogP contribution in [0.5, 0.6) is 5.75 Å². The molecule has 8 nitrogen and oxygen atoms in total. The summed E-state index contributed by atoms with van der Waals surface area (Å²) in [5.74, 6) is -2.08. The number of nitrogens with one attached hydrogen (secondary N) is 2. The van der Waals surface area contributed by atoms with Crippen molar-refractivity contribution in [3.05, 3.63) is 59.2 Å². The van der Waals surface area contributed by atoms with E-state index in [2.05, 4.69) is 25.4 Å². The van der Waals surface area contributed by atoms with E-state index in [1.165, 1.54) is 18.3 Å². The number of benzene rings is 1. The molecule has 1 saturated carbocycles. The number of carbonyl (C=O) groups excluding carboxylic acids is 1. The molecule has 2 N–H and O–H groups in total. The Kier molecular flexibility index (Phi) is 9.56. The number of hydrogen-bond acceptors (Lipinski definition) is 7. The molecule has 0 unspecified atom stereocenters. The molecule has 2 atom stereocenters. The van der Waals surface area contributed by atoms with Gasteiger partial charge in [-0.1, -0.05) is 0 Å². The highest BCUT2D eigenvalue weighted by atomic mass is 19.1. The molecule has 5 rings (SSSR count). The number of piperidine rings is 1. The summed E-state index contributed by atoms with van der Waals surface area (Å²) in [4.78, 5) is 23.1. The molecule has 3 fully saturated rings. The fraction of sp³-hybridized carbons (Fsp3) is 0.586. The Bertz CT molecular complexity index is 1150. The number of halogens is 3. The Morgan fingerprint density at radius 2 is 1.82 bits per heavy atom. The first-order valence-corrected chi connectivity index (χ1v) is 14.3. The second-order valence-electron chi connectivity index (χ2n) is 11.0. The van der Waals surface area contributed by atoms with E-state index in [-0.39, 0.29) is 41.8 Å². The van der Waals surface area contributed by atoms with Crippen molar-refractivity contribution >= 4 is 5.91 Å². The van der Waals surface area contributed by atoms with E-state index < -0.39 is 17.6 Å². The molecule has 0 radical (unpaired) electrons. The van der Waals surface area contributed by atoms with Crippen molar-refractivity contribution in [3.8, 4) is 5.75 Å². The van der Waals surface area contributed by atoms with Crippen molar-refractivity contribution < 1.29 is 22.7 Å². The van der Waals surface area contributed by atoms with Gasteiger partial charge in [-0.15, -0.1) is 0 Å². The van der Waals surface area contributed by atoms with Gasteiger partial charge >= 0.3 is 0 Å². The number of hydrogen-bond donors (Lipinski definition) is 2. The van der Waals surface area contributed by atoms with Crippen molar-refractivity contribution in [2.75, 3.05) is 66.0 Å². The fourth-order valence-electron chi connectivity index (χ4n) is 5.74. The highest BCUT2D eigenvalue weighted by molar-refractivity contribution is 5.78. The molecule has 218 valence electrons. The normalized spacial score (nSPS) is 22.4. The molecule has 3 aliphatic rings. The third-order valence-corrected chi connectivity index (χ3v) is 8.23. The van der Waals surface area contributed by atoms with Gasteiger partial charge < -0.3 is 20.3 Å². The van der Waals surface area contributed by atoms with Crippen LogP contribution >= 0.6 is 0 Å². The zero-order valence-corrected chi connectivity index (χ0v) is 23.1. The lowest BCUT2D eigenvalue weighted by atomic mass is 10.0. The minimum atomic E-state index is -0.795. The smallest absolute Gasteiger partial charge is 0.236 e. The number of likely N-dealkylation sites (tertiary alicyclic amines) is 1. The number of carbonyl (C=O) groups is 1. The average Bonchev–Trinajstić information content (AvgIpc) is 3.72. The zero-order valence-electron chi connectivity index (χ0n) is 23.1. The Balaban J connectivity index is 1.08. The maximum absolute atomic E-state index is 14.7. The second-order valence-corrected chi connectivity index (χ2v) is 11.0. The Morgan fingerprint density at radius 3 is 2.55 bits per heavy atom. The molecule has 1 aromatic carbocycles. The van der Waals surface area contributed by atoms with Crippen LogP contribution in [0.15, 0.2) is 30.5 Å². The van der Waals surface area contributed by atoms with Crippen molar-refractivity contribution in [3.63, 3.8) is 0 Å². The van der Waals surface area contributed by atoms with Crippen LogP contribution in [0.25, 0.3) is 0 Å². The molecular weight excluding hydrogens is 521 g/mol. The number of amides is 1. The minimum absolute atomic E-state index is 0.0396. The van der Waals surface area contributed by atoms with Crippen molar-refractivity contribution in [1.29, 1.82) is 0 Å². The van der Waals surface area contributed by atoms with Gasteiger partial charge in [0.1, 0.15) is 12.4 Å². The lowest BCUT2D eigenvalue weighted by molar-refractivity contribution is -0.134. The Labute approximate surface area is 233 Å². The van der Waals surface area contributed by atoms with Gasteiger partial charge in [0.15, 0.2) is 11.6 Å². The highest BCUT2D eigenvalue weighted by Gasteiger charge is 2.42. The molecule has 1 aliphatic carbocycles. The van der Waals surface area contributed by atoms with Gasteiger partial charge in [0.05, 0.1) is 6.54 Å². The van der Waals surface area contributed by atoms with E-state index in [9.17, 15) is 18.0 Å². The zero-order chi connectivity index (χ0) is 28.1. The topological polar surface area (TPSA) is 73.0 Å². The number of aromatic nitrogens is 1. The summed E-state index contributed by atoms with van der Waals surface area (Å²) in [7, 11) is 1.96. The van der Waals surface area contributed by atoms with Crippen LogP contribution in [0.2, 0.25) is 0 Å². The van der Waals surface area contributed by atoms with Gasteiger partial charge in [-0.3, -0.25) is 14.6 Å². The lowest BCUT2D eigenvalue weighted by Gasteiger charge is -2.37. The molecule has 1 aromatic heterocycles. The van der Waals surface area contributed by atoms with Crippen LogP contribution in [0.1, 0.15) is 36.3 Å². The molecule has 1 amide bonds. The van der Waals surface area contributed by atoms with E-state index >= 15 is 0 Å². The third-order valence-electron chi connectivity index (χ3n) is 8.23. The first-order valence-electron chi connectivity index (χ1n) is 14.3. The predicted octanol–water partition coefficient (Wildman–Crippen LogP) is 2.35. The van der Waals surface area contributed by atoms with E-state index in [1.807, 2.05) is 11.9 Å². The standard InChI is InChI=1S/C29H39F3N6O2/c1-33-7-10-36-11-13-37(14-12-36)18-27(39)38-8-4-22(5-9-38)35-26-17-23(26)24-15-21(30)16-25(31)28(24)40-19-20-3-2-6-34-29(20)32/h2-3,6,15-16,22-23,26,33,35H,4-5,7-14,17-19H2,1H3/t23-,26+/m0/s1. The predicted molar refractivity (Wildman–Crippen MR) is 146 cm³/mol. The maximum Gasteiger partial charge on any atom is 0.236 e. The van der Waals surface area contributed by atoms with Gasteiger partial charge in [0, 0.05) is 93.7 Å². The van der Waals surface area contributed by atoms with Crippen molar-refractivity contribution in [2.24, 2.45) is 0 Å². The second kappa shape index (κ2) is 13.3. The van der Waals surface area contributed by atoms with Gasteiger partial charge in [-0.2, -0.15) is 4.39 Å². The van der Waals surface area contributed by atoms with Crippen molar-refractivity contribution in [2.45, 2.75) is 43.9 Å². The fourth-order valence-corrected chi connectivity index (χ4v) is 5.74. The summed E-state index contributed by atoms with van der Waals surface area (Å²) in [5.41, 5.74) is 0.661. The van der Waals surface area contributed by atoms with Crippen molar-refractivity contribution in [1.82, 2.24) is 30.3 Å². The summed E-state index contributed by atoms with van der Waals surface area (Å²) >= 11 is 0. The number of likely N-dealkylation sites (N-methyl/N-ethyl adjacent to an activating group) is 1.